The number of nitrogens with two attached hydrogens (primary N) is 1. The molecular formula is C14H22ClN3O4S. The topological polar surface area (TPSA) is 111 Å². The molecule has 0 spiro atoms. The van der Waals surface area contributed by atoms with Gasteiger partial charge in [0.25, 0.3) is 5.91 Å². The number of carbonyl (C=O) groups is 1. The van der Waals surface area contributed by atoms with Gasteiger partial charge in [-0.25, -0.2) is 13.1 Å². The third-order valence-electron chi connectivity index (χ3n) is 3.68. The number of anilines is 1. The fourth-order valence-electron chi connectivity index (χ4n) is 2.37. The van der Waals surface area contributed by atoms with Crippen LogP contribution < -0.4 is 15.8 Å². The number of benzene rings is 1. The third-order valence-corrected chi connectivity index (χ3v) is 5.23. The van der Waals surface area contributed by atoms with Gasteiger partial charge in [0.1, 0.15) is 6.10 Å². The highest BCUT2D eigenvalue weighted by Gasteiger charge is 2.30. The molecule has 1 heterocycles. The number of aryl methyl sites for hydroxylation is 1. The van der Waals surface area contributed by atoms with E-state index >= 15 is 0 Å². The molecule has 1 aromatic carbocycles. The standard InChI is InChI=1S/C14H21N3O4S.ClH/c1-9-3-4-10(7-13(9)22(19,20)16-2)17-14(18)12-6-5-11(8-15)21-12;/h3-4,7,11-12,16H,5-6,8,15H2,1-2H3,(H,17,18);1H/t11-,12+;/m1./s1. The maximum Gasteiger partial charge on any atom is 0.253 e. The van der Waals surface area contributed by atoms with Crippen molar-refractivity contribution in [1.29, 1.82) is 0 Å². The van der Waals surface area contributed by atoms with Crippen molar-refractivity contribution in [2.45, 2.75) is 36.9 Å². The Labute approximate surface area is 142 Å². The summed E-state index contributed by atoms with van der Waals surface area (Å²) >= 11 is 0. The molecule has 7 nitrogen and oxygen atoms in total. The number of hydrogen-bond donors (Lipinski definition) is 3. The van der Waals surface area contributed by atoms with Crippen LogP contribution in [0.15, 0.2) is 23.1 Å². The summed E-state index contributed by atoms with van der Waals surface area (Å²) in [6.45, 7) is 2.08. The number of halogens is 1. The van der Waals surface area contributed by atoms with Crippen LogP contribution in [0.5, 0.6) is 0 Å². The number of carbonyl (C=O) groups excluding carboxylic acids is 1. The van der Waals surface area contributed by atoms with E-state index in [1.54, 1.807) is 19.1 Å². The van der Waals surface area contributed by atoms with Crippen molar-refractivity contribution < 1.29 is 17.9 Å². The van der Waals surface area contributed by atoms with Gasteiger partial charge in [0, 0.05) is 12.2 Å². The Morgan fingerprint density at radius 1 is 1.39 bits per heavy atom. The first kappa shape index (κ1) is 19.9. The Hall–Kier alpha value is -1.19. The van der Waals surface area contributed by atoms with Crippen molar-refractivity contribution in [3.8, 4) is 0 Å². The first-order valence-corrected chi connectivity index (χ1v) is 8.56. The molecule has 4 N–H and O–H groups in total. The van der Waals surface area contributed by atoms with Gasteiger partial charge in [0.05, 0.1) is 11.0 Å². The lowest BCUT2D eigenvalue weighted by Crippen LogP contribution is -2.30. The number of ether oxygens (including phenoxy) is 1. The maximum absolute atomic E-state index is 12.1. The van der Waals surface area contributed by atoms with Crippen LogP contribution in [0.1, 0.15) is 18.4 Å². The summed E-state index contributed by atoms with van der Waals surface area (Å²) in [4.78, 5) is 12.3. The minimum absolute atomic E-state index is 0. The van der Waals surface area contributed by atoms with Crippen LogP contribution in [0.25, 0.3) is 0 Å². The van der Waals surface area contributed by atoms with E-state index in [9.17, 15) is 13.2 Å². The molecular weight excluding hydrogens is 342 g/mol. The first-order valence-electron chi connectivity index (χ1n) is 7.08. The zero-order valence-electron chi connectivity index (χ0n) is 13.0. The largest absolute Gasteiger partial charge is 0.364 e. The minimum Gasteiger partial charge on any atom is -0.364 e. The highest BCUT2D eigenvalue weighted by molar-refractivity contribution is 7.89. The molecule has 1 saturated heterocycles. The minimum atomic E-state index is -3.57. The van der Waals surface area contributed by atoms with E-state index in [0.717, 1.165) is 6.42 Å². The molecule has 0 unspecified atom stereocenters. The quantitative estimate of drug-likeness (QED) is 0.715. The Morgan fingerprint density at radius 2 is 2.09 bits per heavy atom. The van der Waals surface area contributed by atoms with Gasteiger partial charge in [-0.2, -0.15) is 0 Å². The molecule has 1 aliphatic rings. The number of sulfonamides is 1. The van der Waals surface area contributed by atoms with Gasteiger partial charge < -0.3 is 15.8 Å². The van der Waals surface area contributed by atoms with Crippen LogP contribution >= 0.6 is 12.4 Å². The van der Waals surface area contributed by atoms with E-state index < -0.39 is 16.1 Å². The van der Waals surface area contributed by atoms with Gasteiger partial charge in [-0.3, -0.25) is 4.79 Å². The maximum atomic E-state index is 12.1. The highest BCUT2D eigenvalue weighted by Crippen LogP contribution is 2.23. The summed E-state index contributed by atoms with van der Waals surface area (Å²) in [6, 6.07) is 4.75. The number of nitrogens with one attached hydrogen (secondary N) is 2. The van der Waals surface area contributed by atoms with E-state index in [0.29, 0.717) is 24.2 Å². The lowest BCUT2D eigenvalue weighted by Gasteiger charge is -2.14. The van der Waals surface area contributed by atoms with E-state index in [1.807, 2.05) is 0 Å². The molecule has 0 aromatic heterocycles. The Morgan fingerprint density at radius 3 is 2.65 bits per heavy atom. The molecule has 2 rings (SSSR count). The van der Waals surface area contributed by atoms with E-state index in [4.69, 9.17) is 10.5 Å². The Kier molecular flexibility index (Phi) is 6.97. The lowest BCUT2D eigenvalue weighted by atomic mass is 10.2. The van der Waals surface area contributed by atoms with Crippen molar-refractivity contribution >= 4 is 34.0 Å². The summed E-state index contributed by atoms with van der Waals surface area (Å²) in [5.41, 5.74) is 6.54. The molecule has 0 bridgehead atoms. The molecule has 0 saturated carbocycles. The van der Waals surface area contributed by atoms with E-state index in [2.05, 4.69) is 10.0 Å². The van der Waals surface area contributed by atoms with Gasteiger partial charge in [-0.05, 0) is 44.5 Å². The molecule has 1 amide bonds. The summed E-state index contributed by atoms with van der Waals surface area (Å²) < 4.78 is 31.7. The van der Waals surface area contributed by atoms with Crippen molar-refractivity contribution in [2.75, 3.05) is 18.9 Å². The summed E-state index contributed by atoms with van der Waals surface area (Å²) in [5, 5.41) is 2.70. The van der Waals surface area contributed by atoms with E-state index in [1.165, 1.54) is 13.1 Å². The average molecular weight is 364 g/mol. The summed E-state index contributed by atoms with van der Waals surface area (Å²) in [6.07, 6.45) is 0.733. The van der Waals surface area contributed by atoms with Crippen molar-refractivity contribution in [2.24, 2.45) is 5.73 Å². The molecule has 1 aliphatic heterocycles. The second kappa shape index (κ2) is 8.07. The fourth-order valence-corrected chi connectivity index (χ4v) is 3.37. The van der Waals surface area contributed by atoms with Gasteiger partial charge in [0.15, 0.2) is 0 Å². The van der Waals surface area contributed by atoms with Crippen LogP contribution in [-0.4, -0.2) is 40.1 Å². The van der Waals surface area contributed by atoms with Crippen LogP contribution in [0.3, 0.4) is 0 Å². The molecule has 130 valence electrons. The molecule has 9 heteroatoms. The van der Waals surface area contributed by atoms with E-state index in [-0.39, 0.29) is 29.3 Å². The molecule has 2 atom stereocenters. The lowest BCUT2D eigenvalue weighted by molar-refractivity contribution is -0.126. The zero-order chi connectivity index (χ0) is 16.3. The van der Waals surface area contributed by atoms with Crippen molar-refractivity contribution in [1.82, 2.24) is 4.72 Å². The summed E-state index contributed by atoms with van der Waals surface area (Å²) in [5.74, 6) is -0.285. The molecule has 1 fully saturated rings. The van der Waals surface area contributed by atoms with Crippen LogP contribution in [0.2, 0.25) is 0 Å². The molecule has 1 aromatic rings. The SMILES string of the molecule is CNS(=O)(=O)c1cc(NC(=O)[C@@H]2CC[C@H](CN)O2)ccc1C.Cl. The number of rotatable bonds is 5. The predicted octanol–water partition coefficient (Wildman–Crippen LogP) is 0.770. The van der Waals surface area contributed by atoms with Crippen molar-refractivity contribution in [3.05, 3.63) is 23.8 Å². The Balaban J connectivity index is 0.00000264. The average Bonchev–Trinajstić information content (AvgIpc) is 2.98. The predicted molar refractivity (Wildman–Crippen MR) is 90.3 cm³/mol. The van der Waals surface area contributed by atoms with Crippen molar-refractivity contribution in [3.63, 3.8) is 0 Å². The smallest absolute Gasteiger partial charge is 0.253 e. The highest BCUT2D eigenvalue weighted by atomic mass is 35.5. The second-order valence-corrected chi connectivity index (χ2v) is 7.09. The van der Waals surface area contributed by atoms with Gasteiger partial charge in [0.2, 0.25) is 10.0 Å². The normalized spacial score (nSPS) is 20.8. The Bertz CT molecular complexity index is 666. The van der Waals surface area contributed by atoms with Gasteiger partial charge >= 0.3 is 0 Å². The first-order chi connectivity index (χ1) is 10.4. The third kappa shape index (κ3) is 4.65. The summed E-state index contributed by atoms with van der Waals surface area (Å²) in [7, 11) is -2.22. The van der Waals surface area contributed by atoms with Crippen LogP contribution in [0, 0.1) is 6.92 Å². The molecule has 23 heavy (non-hydrogen) atoms. The second-order valence-electron chi connectivity index (χ2n) is 5.24. The zero-order valence-corrected chi connectivity index (χ0v) is 14.7. The van der Waals surface area contributed by atoms with Crippen LogP contribution in [0.4, 0.5) is 5.69 Å². The molecule has 0 radical (unpaired) electrons. The van der Waals surface area contributed by atoms with Crippen LogP contribution in [-0.2, 0) is 19.6 Å². The monoisotopic (exact) mass is 363 g/mol. The fraction of sp³-hybridized carbons (Fsp3) is 0.500. The number of hydrogen-bond acceptors (Lipinski definition) is 5. The number of amides is 1. The van der Waals surface area contributed by atoms with Gasteiger partial charge in [-0.15, -0.1) is 12.4 Å². The molecule has 0 aliphatic carbocycles. The van der Waals surface area contributed by atoms with Gasteiger partial charge in [-0.1, -0.05) is 6.07 Å².